The SMILES string of the molecule is CC.CC1CCCN1N.COc1nc(N2CC3CCC(C2)N3)c2cc(Cl)c(-c3c(C)n(C)c4ccc(N)c(C#N)c34)c(F)c2n1. The van der Waals surface area contributed by atoms with Gasteiger partial charge in [-0.25, -0.2) is 9.40 Å². The summed E-state index contributed by atoms with van der Waals surface area (Å²) in [5.41, 5.74) is 9.11. The number of piperazine rings is 1. The number of hydrazine groups is 1. The van der Waals surface area contributed by atoms with E-state index in [0.717, 1.165) is 43.7 Å². The van der Waals surface area contributed by atoms with Gasteiger partial charge < -0.3 is 25.3 Å². The number of nitrogens with two attached hydrogens (primary N) is 2. The van der Waals surface area contributed by atoms with Crippen LogP contribution in [0, 0.1) is 24.1 Å². The Morgan fingerprint density at radius 1 is 1.13 bits per heavy atom. The van der Waals surface area contributed by atoms with Gasteiger partial charge in [-0.15, -0.1) is 0 Å². The summed E-state index contributed by atoms with van der Waals surface area (Å²) in [5.74, 6) is 5.54. The second kappa shape index (κ2) is 13.3. The quantitative estimate of drug-likeness (QED) is 0.192. The molecule has 3 aliphatic heterocycles. The predicted octanol–water partition coefficient (Wildman–Crippen LogP) is 5.66. The van der Waals surface area contributed by atoms with E-state index >= 15 is 4.39 Å². The van der Waals surface area contributed by atoms with Crippen molar-refractivity contribution in [2.24, 2.45) is 12.9 Å². The van der Waals surface area contributed by atoms with E-state index in [1.165, 1.54) is 20.0 Å². The molecular formula is C33H43ClFN9O. The van der Waals surface area contributed by atoms with Crippen LogP contribution in [0.2, 0.25) is 5.02 Å². The number of methoxy groups -OCH3 is 1. The molecule has 0 radical (unpaired) electrons. The fraction of sp³-hybridized carbons (Fsp3) is 0.485. The summed E-state index contributed by atoms with van der Waals surface area (Å²) in [4.78, 5) is 11.2. The van der Waals surface area contributed by atoms with Crippen molar-refractivity contribution in [2.45, 2.75) is 71.5 Å². The molecule has 0 spiro atoms. The van der Waals surface area contributed by atoms with Crippen LogP contribution >= 0.6 is 11.6 Å². The molecule has 0 amide bonds. The number of nitrogens with zero attached hydrogens (tertiary/aromatic N) is 6. The average Bonchev–Trinajstić information content (AvgIpc) is 3.67. The van der Waals surface area contributed by atoms with E-state index in [-0.39, 0.29) is 22.1 Å². The number of rotatable bonds is 3. The number of halogens is 2. The Labute approximate surface area is 269 Å². The summed E-state index contributed by atoms with van der Waals surface area (Å²) in [6.45, 7) is 10.6. The van der Waals surface area contributed by atoms with Gasteiger partial charge in [-0.3, -0.25) is 5.84 Å². The first-order chi connectivity index (χ1) is 21.6. The molecule has 3 saturated heterocycles. The van der Waals surface area contributed by atoms with Crippen molar-refractivity contribution in [3.63, 3.8) is 0 Å². The largest absolute Gasteiger partial charge is 0.467 e. The highest BCUT2D eigenvalue weighted by atomic mass is 35.5. The molecule has 0 saturated carbocycles. The third kappa shape index (κ3) is 5.88. The van der Waals surface area contributed by atoms with Crippen molar-refractivity contribution >= 4 is 44.9 Å². The van der Waals surface area contributed by atoms with Crippen LogP contribution in [-0.4, -0.2) is 64.4 Å². The zero-order chi connectivity index (χ0) is 32.6. The second-order valence-electron chi connectivity index (χ2n) is 11.8. The highest BCUT2D eigenvalue weighted by Gasteiger charge is 2.34. The smallest absolute Gasteiger partial charge is 0.318 e. The van der Waals surface area contributed by atoms with Gasteiger partial charge in [0.1, 0.15) is 17.4 Å². The molecule has 3 unspecified atom stereocenters. The molecule has 2 bridgehead atoms. The van der Waals surface area contributed by atoms with Gasteiger partial charge in [0.25, 0.3) is 0 Å². The highest BCUT2D eigenvalue weighted by Crippen LogP contribution is 2.45. The van der Waals surface area contributed by atoms with Gasteiger partial charge in [0.2, 0.25) is 0 Å². The van der Waals surface area contributed by atoms with Gasteiger partial charge in [0.05, 0.1) is 28.9 Å². The number of aromatic nitrogens is 3. The number of nitrogens with one attached hydrogen (secondary N) is 1. The van der Waals surface area contributed by atoms with Crippen LogP contribution in [0.1, 0.15) is 57.7 Å². The van der Waals surface area contributed by atoms with Gasteiger partial charge in [0, 0.05) is 72.4 Å². The standard InChI is InChI=1S/C26H25ClFN7O.C5H12N2.C2H6/c1-12-20(21-16(9-29)18(30)6-7-19(21)34(12)2)22-17(27)8-15-24(23(22)28)32-26(36-3)33-25(15)35-10-13-4-5-14(11-35)31-13;1-5-3-2-4-7(5)6;1-2/h6-8,13-14,31H,4-5,10-11,30H2,1-3H3;5H,2-4,6H2,1H3;1-2H3. The minimum absolute atomic E-state index is 0.0900. The minimum atomic E-state index is -0.584. The molecule has 2 aromatic heterocycles. The number of hydrogen-bond acceptors (Lipinski definition) is 9. The molecule has 10 nitrogen and oxygen atoms in total. The van der Waals surface area contributed by atoms with Crippen LogP contribution < -0.4 is 26.5 Å². The van der Waals surface area contributed by atoms with Crippen LogP contribution in [-0.2, 0) is 7.05 Å². The van der Waals surface area contributed by atoms with Crippen LogP contribution in [0.3, 0.4) is 0 Å². The van der Waals surface area contributed by atoms with Crippen molar-refractivity contribution in [3.8, 4) is 23.2 Å². The lowest BCUT2D eigenvalue weighted by Gasteiger charge is -2.34. The molecule has 12 heteroatoms. The molecular weight excluding hydrogens is 593 g/mol. The zero-order valence-corrected chi connectivity index (χ0v) is 27.7. The first kappa shape index (κ1) is 32.7. The van der Waals surface area contributed by atoms with Crippen molar-refractivity contribution in [2.75, 3.05) is 37.4 Å². The Balaban J connectivity index is 0.000000389. The molecule has 5 N–H and O–H groups in total. The fourth-order valence-corrected chi connectivity index (χ4v) is 7.03. The lowest BCUT2D eigenvalue weighted by Crippen LogP contribution is -2.51. The van der Waals surface area contributed by atoms with Crippen molar-refractivity contribution in [1.29, 1.82) is 5.26 Å². The number of aryl methyl sites for hydroxylation is 1. The van der Waals surface area contributed by atoms with Crippen molar-refractivity contribution in [3.05, 3.63) is 40.3 Å². The number of nitrogen functional groups attached to an aromatic ring is 1. The molecule has 2 aromatic carbocycles. The number of nitriles is 1. The summed E-state index contributed by atoms with van der Waals surface area (Å²) < 4.78 is 23.8. The molecule has 3 atom stereocenters. The Kier molecular flexibility index (Phi) is 9.70. The molecule has 240 valence electrons. The van der Waals surface area contributed by atoms with Gasteiger partial charge in [-0.1, -0.05) is 25.4 Å². The maximum absolute atomic E-state index is 16.5. The Hall–Kier alpha value is -3.69. The summed E-state index contributed by atoms with van der Waals surface area (Å²) in [6.07, 6.45) is 4.75. The van der Waals surface area contributed by atoms with E-state index in [1.54, 1.807) is 12.1 Å². The number of anilines is 2. The lowest BCUT2D eigenvalue weighted by atomic mass is 9.96. The van der Waals surface area contributed by atoms with Gasteiger partial charge in [-0.05, 0) is 57.7 Å². The summed E-state index contributed by atoms with van der Waals surface area (Å²) in [7, 11) is 3.34. The van der Waals surface area contributed by atoms with Gasteiger partial charge in [-0.2, -0.15) is 15.2 Å². The molecule has 45 heavy (non-hydrogen) atoms. The predicted molar refractivity (Wildman–Crippen MR) is 180 cm³/mol. The summed E-state index contributed by atoms with van der Waals surface area (Å²) in [5, 5.41) is 16.7. The normalized spacial score (nSPS) is 20.9. The third-order valence-corrected chi connectivity index (χ3v) is 9.50. The van der Waals surface area contributed by atoms with E-state index < -0.39 is 5.82 Å². The maximum Gasteiger partial charge on any atom is 0.318 e. The zero-order valence-electron chi connectivity index (χ0n) is 26.9. The monoisotopic (exact) mass is 635 g/mol. The minimum Gasteiger partial charge on any atom is -0.467 e. The topological polar surface area (TPSA) is 134 Å². The number of fused-ring (bicyclic) bond motifs is 4. The molecule has 3 aliphatic rings. The maximum atomic E-state index is 16.5. The molecule has 0 aliphatic carbocycles. The summed E-state index contributed by atoms with van der Waals surface area (Å²) >= 11 is 6.83. The van der Waals surface area contributed by atoms with Crippen molar-refractivity contribution < 1.29 is 9.13 Å². The van der Waals surface area contributed by atoms with Gasteiger partial charge in [0.15, 0.2) is 5.82 Å². The van der Waals surface area contributed by atoms with Crippen LogP contribution in [0.5, 0.6) is 6.01 Å². The van der Waals surface area contributed by atoms with Crippen LogP contribution in [0.15, 0.2) is 18.2 Å². The number of ether oxygens (including phenoxy) is 1. The van der Waals surface area contributed by atoms with E-state index in [0.29, 0.717) is 51.5 Å². The molecule has 4 aromatic rings. The van der Waals surface area contributed by atoms with Crippen LogP contribution in [0.4, 0.5) is 15.9 Å². The van der Waals surface area contributed by atoms with Crippen LogP contribution in [0.25, 0.3) is 32.9 Å². The second-order valence-corrected chi connectivity index (χ2v) is 12.2. The lowest BCUT2D eigenvalue weighted by molar-refractivity contribution is 0.278. The molecule has 5 heterocycles. The number of hydrogen-bond donors (Lipinski definition) is 3. The summed E-state index contributed by atoms with van der Waals surface area (Å²) in [6, 6.07) is 8.88. The van der Waals surface area contributed by atoms with Gasteiger partial charge >= 0.3 is 6.01 Å². The molecule has 7 rings (SSSR count). The highest BCUT2D eigenvalue weighted by molar-refractivity contribution is 6.35. The fourth-order valence-electron chi connectivity index (χ4n) is 6.74. The Morgan fingerprint density at radius 2 is 1.82 bits per heavy atom. The Morgan fingerprint density at radius 3 is 2.38 bits per heavy atom. The van der Waals surface area contributed by atoms with Crippen molar-refractivity contribution in [1.82, 2.24) is 24.9 Å². The third-order valence-electron chi connectivity index (χ3n) is 9.20. The number of benzene rings is 2. The van der Waals surface area contributed by atoms with E-state index in [9.17, 15) is 5.26 Å². The Bertz CT molecular complexity index is 1750. The van der Waals surface area contributed by atoms with E-state index in [1.807, 2.05) is 43.5 Å². The average molecular weight is 636 g/mol. The first-order valence-electron chi connectivity index (χ1n) is 15.7. The van der Waals surface area contributed by atoms with E-state index in [4.69, 9.17) is 27.9 Å². The first-order valence-corrected chi connectivity index (χ1v) is 16.0. The molecule has 3 fully saturated rings. The van der Waals surface area contributed by atoms with E-state index in [2.05, 4.69) is 33.2 Å².